The van der Waals surface area contributed by atoms with Gasteiger partial charge in [-0.15, -0.1) is 0 Å². The Bertz CT molecular complexity index is 473. The summed E-state index contributed by atoms with van der Waals surface area (Å²) in [5.41, 5.74) is 6.64. The Balaban J connectivity index is 1.79. The molecule has 4 nitrogen and oxygen atoms in total. The SMILES string of the molecule is CCC1CCC(C)N1c1ccc(N)c(OCC2CC2)n1. The first-order valence-electron chi connectivity index (χ1n) is 7.86. The van der Waals surface area contributed by atoms with Gasteiger partial charge in [0.15, 0.2) is 0 Å². The fourth-order valence-electron chi connectivity index (χ4n) is 3.07. The molecule has 2 fully saturated rings. The lowest BCUT2D eigenvalue weighted by Gasteiger charge is -2.29. The molecule has 1 saturated heterocycles. The number of hydrogen-bond acceptors (Lipinski definition) is 4. The van der Waals surface area contributed by atoms with Gasteiger partial charge >= 0.3 is 0 Å². The highest BCUT2D eigenvalue weighted by atomic mass is 16.5. The van der Waals surface area contributed by atoms with Crippen molar-refractivity contribution in [2.75, 3.05) is 17.2 Å². The maximum Gasteiger partial charge on any atom is 0.239 e. The molecular formula is C16H25N3O. The molecular weight excluding hydrogens is 250 g/mol. The number of nitrogens with two attached hydrogens (primary N) is 1. The summed E-state index contributed by atoms with van der Waals surface area (Å²) in [7, 11) is 0. The van der Waals surface area contributed by atoms with E-state index in [-0.39, 0.29) is 0 Å². The molecule has 0 spiro atoms. The van der Waals surface area contributed by atoms with Crippen molar-refractivity contribution in [2.45, 2.75) is 58.0 Å². The Morgan fingerprint density at radius 2 is 2.10 bits per heavy atom. The van der Waals surface area contributed by atoms with E-state index in [0.717, 1.165) is 18.8 Å². The highest BCUT2D eigenvalue weighted by molar-refractivity contribution is 5.55. The molecule has 20 heavy (non-hydrogen) atoms. The second-order valence-corrected chi connectivity index (χ2v) is 6.21. The standard InChI is InChI=1S/C16H25N3O/c1-3-13-7-4-11(2)19(13)15-9-8-14(17)16(18-15)20-10-12-5-6-12/h8-9,11-13H,3-7,10,17H2,1-2H3. The first-order chi connectivity index (χ1) is 9.69. The molecule has 2 aliphatic rings. The van der Waals surface area contributed by atoms with E-state index >= 15 is 0 Å². The molecule has 0 aromatic carbocycles. The average molecular weight is 275 g/mol. The number of rotatable bonds is 5. The number of ether oxygens (including phenoxy) is 1. The third-order valence-corrected chi connectivity index (χ3v) is 4.55. The first-order valence-corrected chi connectivity index (χ1v) is 7.86. The van der Waals surface area contributed by atoms with Crippen LogP contribution in [0.2, 0.25) is 0 Å². The van der Waals surface area contributed by atoms with E-state index in [0.29, 0.717) is 29.6 Å². The van der Waals surface area contributed by atoms with Crippen LogP contribution in [0, 0.1) is 5.92 Å². The summed E-state index contributed by atoms with van der Waals surface area (Å²) in [6.07, 6.45) is 6.21. The monoisotopic (exact) mass is 275 g/mol. The summed E-state index contributed by atoms with van der Waals surface area (Å²) >= 11 is 0. The molecule has 4 heteroatoms. The summed E-state index contributed by atoms with van der Waals surface area (Å²) in [5, 5.41) is 0. The number of aromatic nitrogens is 1. The predicted octanol–water partition coefficient (Wildman–Crippen LogP) is 3.22. The van der Waals surface area contributed by atoms with E-state index in [9.17, 15) is 0 Å². The lowest BCUT2D eigenvalue weighted by Crippen LogP contribution is -2.34. The molecule has 2 unspecified atom stereocenters. The summed E-state index contributed by atoms with van der Waals surface area (Å²) in [6, 6.07) is 5.11. The van der Waals surface area contributed by atoms with Gasteiger partial charge in [0.2, 0.25) is 5.88 Å². The normalized spacial score (nSPS) is 26.0. The van der Waals surface area contributed by atoms with Gasteiger partial charge in [0.05, 0.1) is 12.3 Å². The van der Waals surface area contributed by atoms with Crippen LogP contribution < -0.4 is 15.4 Å². The minimum Gasteiger partial charge on any atom is -0.476 e. The van der Waals surface area contributed by atoms with Gasteiger partial charge in [-0.2, -0.15) is 4.98 Å². The third-order valence-electron chi connectivity index (χ3n) is 4.55. The second-order valence-electron chi connectivity index (χ2n) is 6.21. The number of hydrogen-bond donors (Lipinski definition) is 1. The molecule has 2 heterocycles. The molecule has 1 saturated carbocycles. The number of anilines is 2. The zero-order chi connectivity index (χ0) is 14.1. The van der Waals surface area contributed by atoms with Crippen molar-refractivity contribution < 1.29 is 4.74 Å². The van der Waals surface area contributed by atoms with Gasteiger partial charge in [0.25, 0.3) is 0 Å². The highest BCUT2D eigenvalue weighted by Gasteiger charge is 2.30. The van der Waals surface area contributed by atoms with Crippen LogP contribution in [0.25, 0.3) is 0 Å². The Hall–Kier alpha value is -1.45. The van der Waals surface area contributed by atoms with Gasteiger partial charge in [-0.05, 0) is 57.1 Å². The smallest absolute Gasteiger partial charge is 0.239 e. The maximum atomic E-state index is 5.99. The summed E-state index contributed by atoms with van der Waals surface area (Å²) in [4.78, 5) is 7.12. The van der Waals surface area contributed by atoms with E-state index in [1.54, 1.807) is 0 Å². The molecule has 0 amide bonds. The Morgan fingerprint density at radius 1 is 1.30 bits per heavy atom. The van der Waals surface area contributed by atoms with Gasteiger partial charge in [0, 0.05) is 12.1 Å². The van der Waals surface area contributed by atoms with Crippen molar-refractivity contribution >= 4 is 11.5 Å². The molecule has 1 aromatic heterocycles. The van der Waals surface area contributed by atoms with E-state index in [4.69, 9.17) is 10.5 Å². The molecule has 2 N–H and O–H groups in total. The Labute approximate surface area is 121 Å². The van der Waals surface area contributed by atoms with Crippen molar-refractivity contribution in [3.05, 3.63) is 12.1 Å². The molecule has 110 valence electrons. The van der Waals surface area contributed by atoms with Crippen LogP contribution in [-0.2, 0) is 0 Å². The van der Waals surface area contributed by atoms with Gasteiger partial charge in [0.1, 0.15) is 5.82 Å². The van der Waals surface area contributed by atoms with E-state index in [1.165, 1.54) is 25.7 Å². The van der Waals surface area contributed by atoms with Crippen LogP contribution in [0.15, 0.2) is 12.1 Å². The molecule has 0 bridgehead atoms. The Morgan fingerprint density at radius 3 is 2.80 bits per heavy atom. The molecule has 1 aromatic rings. The average Bonchev–Trinajstić information content (AvgIpc) is 3.20. The summed E-state index contributed by atoms with van der Waals surface area (Å²) in [6.45, 7) is 5.28. The van der Waals surface area contributed by atoms with Gasteiger partial charge < -0.3 is 15.4 Å². The second kappa shape index (κ2) is 5.51. The number of pyridine rings is 1. The van der Waals surface area contributed by atoms with E-state index in [1.807, 2.05) is 12.1 Å². The fraction of sp³-hybridized carbons (Fsp3) is 0.688. The summed E-state index contributed by atoms with van der Waals surface area (Å²) in [5.74, 6) is 2.35. The predicted molar refractivity (Wildman–Crippen MR) is 82.1 cm³/mol. The van der Waals surface area contributed by atoms with Crippen LogP contribution in [0.3, 0.4) is 0 Å². The zero-order valence-corrected chi connectivity index (χ0v) is 12.5. The number of nitrogens with zero attached hydrogens (tertiary/aromatic N) is 2. The van der Waals surface area contributed by atoms with Gasteiger partial charge in [-0.1, -0.05) is 6.92 Å². The molecule has 3 rings (SSSR count). The molecule has 1 aliphatic carbocycles. The van der Waals surface area contributed by atoms with Crippen molar-refractivity contribution in [3.8, 4) is 5.88 Å². The minimum atomic E-state index is 0.548. The van der Waals surface area contributed by atoms with E-state index in [2.05, 4.69) is 23.7 Å². The lowest BCUT2D eigenvalue weighted by atomic mass is 10.1. The van der Waals surface area contributed by atoms with Crippen LogP contribution >= 0.6 is 0 Å². The third kappa shape index (κ3) is 2.69. The van der Waals surface area contributed by atoms with Crippen molar-refractivity contribution in [1.29, 1.82) is 0 Å². The first kappa shape index (κ1) is 13.5. The summed E-state index contributed by atoms with van der Waals surface area (Å²) < 4.78 is 5.80. The van der Waals surface area contributed by atoms with Gasteiger partial charge in [-0.3, -0.25) is 0 Å². The zero-order valence-electron chi connectivity index (χ0n) is 12.5. The van der Waals surface area contributed by atoms with Crippen LogP contribution in [-0.4, -0.2) is 23.7 Å². The molecule has 1 aliphatic heterocycles. The van der Waals surface area contributed by atoms with Gasteiger partial charge in [-0.25, -0.2) is 0 Å². The quantitative estimate of drug-likeness (QED) is 0.896. The van der Waals surface area contributed by atoms with Crippen LogP contribution in [0.5, 0.6) is 5.88 Å². The Kier molecular flexibility index (Phi) is 3.72. The fourth-order valence-corrected chi connectivity index (χ4v) is 3.07. The molecule has 0 radical (unpaired) electrons. The highest BCUT2D eigenvalue weighted by Crippen LogP contribution is 2.34. The van der Waals surface area contributed by atoms with Crippen molar-refractivity contribution in [3.63, 3.8) is 0 Å². The number of nitrogen functional groups attached to an aromatic ring is 1. The maximum absolute atomic E-state index is 5.99. The minimum absolute atomic E-state index is 0.548. The topological polar surface area (TPSA) is 51.4 Å². The molecule has 2 atom stereocenters. The van der Waals surface area contributed by atoms with Crippen LogP contribution in [0.4, 0.5) is 11.5 Å². The lowest BCUT2D eigenvalue weighted by molar-refractivity contribution is 0.290. The van der Waals surface area contributed by atoms with Crippen molar-refractivity contribution in [1.82, 2.24) is 4.98 Å². The van der Waals surface area contributed by atoms with Crippen molar-refractivity contribution in [2.24, 2.45) is 5.92 Å². The van der Waals surface area contributed by atoms with Crippen LogP contribution in [0.1, 0.15) is 46.0 Å². The van der Waals surface area contributed by atoms with E-state index < -0.39 is 0 Å². The largest absolute Gasteiger partial charge is 0.476 e.